The number of carbonyl (C=O) groups excluding carboxylic acids is 2. The summed E-state index contributed by atoms with van der Waals surface area (Å²) in [6.07, 6.45) is 0.416. The molecular formula is C23H24N4O4S2. The number of hydrogen-bond acceptors (Lipinski definition) is 7. The van der Waals surface area contributed by atoms with E-state index in [2.05, 4.69) is 15.6 Å². The first kappa shape index (κ1) is 24.4. The number of nitro groups is 1. The second kappa shape index (κ2) is 10.6. The first-order valence-electron chi connectivity index (χ1n) is 10.1. The van der Waals surface area contributed by atoms with E-state index in [1.165, 1.54) is 35.2 Å². The van der Waals surface area contributed by atoms with Crippen LogP contribution in [0.15, 0.2) is 58.8 Å². The minimum atomic E-state index is -0.458. The minimum absolute atomic E-state index is 0.0145. The molecule has 2 amide bonds. The number of benzene rings is 2. The van der Waals surface area contributed by atoms with Gasteiger partial charge in [0.05, 0.1) is 16.4 Å². The van der Waals surface area contributed by atoms with Crippen LogP contribution in [0.4, 0.5) is 16.5 Å². The Labute approximate surface area is 200 Å². The second-order valence-corrected chi connectivity index (χ2v) is 10.4. The molecule has 33 heavy (non-hydrogen) atoms. The summed E-state index contributed by atoms with van der Waals surface area (Å²) in [5.41, 5.74) is 1.75. The number of aromatic nitrogens is 1. The highest BCUT2D eigenvalue weighted by molar-refractivity contribution is 8.00. The summed E-state index contributed by atoms with van der Waals surface area (Å²) in [4.78, 5) is 40.2. The molecule has 0 saturated heterocycles. The van der Waals surface area contributed by atoms with Crippen LogP contribution in [0.1, 0.15) is 27.2 Å². The average Bonchev–Trinajstić information content (AvgIpc) is 3.19. The van der Waals surface area contributed by atoms with E-state index >= 15 is 0 Å². The SMILES string of the molecule is CC(C)(C)CC(=O)Nc1cccc(SCC(=O)Nc2nc(-c3cccc([N+](=O)[O-])c3)cs2)c1. The number of amides is 2. The maximum atomic E-state index is 12.4. The van der Waals surface area contributed by atoms with Crippen LogP contribution in [0.2, 0.25) is 0 Å². The van der Waals surface area contributed by atoms with Crippen LogP contribution in [-0.2, 0) is 9.59 Å². The molecule has 2 N–H and O–H groups in total. The third-order valence-electron chi connectivity index (χ3n) is 4.28. The number of nitro benzene ring substituents is 1. The number of non-ortho nitro benzene ring substituents is 1. The minimum Gasteiger partial charge on any atom is -0.326 e. The van der Waals surface area contributed by atoms with Gasteiger partial charge in [-0.2, -0.15) is 0 Å². The van der Waals surface area contributed by atoms with Crippen molar-refractivity contribution in [2.24, 2.45) is 5.41 Å². The topological polar surface area (TPSA) is 114 Å². The number of anilines is 2. The van der Waals surface area contributed by atoms with E-state index in [0.717, 1.165) is 4.90 Å². The van der Waals surface area contributed by atoms with Gasteiger partial charge in [0.15, 0.2) is 5.13 Å². The molecule has 0 aliphatic carbocycles. The van der Waals surface area contributed by atoms with Crippen molar-refractivity contribution in [2.45, 2.75) is 32.1 Å². The summed E-state index contributed by atoms with van der Waals surface area (Å²) in [5.74, 6) is -0.0988. The normalized spacial score (nSPS) is 11.1. The van der Waals surface area contributed by atoms with E-state index in [1.54, 1.807) is 17.5 Å². The number of thiazole rings is 1. The number of nitrogens with zero attached hydrogens (tertiary/aromatic N) is 2. The Morgan fingerprint density at radius 3 is 2.58 bits per heavy atom. The van der Waals surface area contributed by atoms with Gasteiger partial charge in [-0.25, -0.2) is 4.98 Å². The Morgan fingerprint density at radius 2 is 1.85 bits per heavy atom. The van der Waals surface area contributed by atoms with Crippen molar-refractivity contribution in [2.75, 3.05) is 16.4 Å². The van der Waals surface area contributed by atoms with Crippen molar-refractivity contribution < 1.29 is 14.5 Å². The molecule has 1 heterocycles. The number of rotatable bonds is 8. The molecule has 0 atom stereocenters. The predicted octanol–water partition coefficient (Wildman–Crippen LogP) is 5.82. The molecule has 10 heteroatoms. The van der Waals surface area contributed by atoms with Gasteiger partial charge in [-0.05, 0) is 23.6 Å². The molecule has 0 unspecified atom stereocenters. The van der Waals surface area contributed by atoms with Crippen molar-refractivity contribution in [1.82, 2.24) is 4.98 Å². The molecule has 0 spiro atoms. The molecule has 1 aromatic heterocycles. The standard InChI is InChI=1S/C23H24N4O4S2/c1-23(2,3)12-20(28)24-16-7-5-9-18(11-16)32-14-21(29)26-22-25-19(13-33-22)15-6-4-8-17(10-15)27(30)31/h4-11,13H,12,14H2,1-3H3,(H,24,28)(H,25,26,29). The van der Waals surface area contributed by atoms with Crippen LogP contribution in [0.25, 0.3) is 11.3 Å². The van der Waals surface area contributed by atoms with Gasteiger partial charge < -0.3 is 10.6 Å². The fourth-order valence-corrected chi connectivity index (χ4v) is 4.39. The summed E-state index contributed by atoms with van der Waals surface area (Å²) >= 11 is 2.60. The molecule has 3 rings (SSSR count). The van der Waals surface area contributed by atoms with Crippen molar-refractivity contribution in [3.8, 4) is 11.3 Å². The van der Waals surface area contributed by atoms with Crippen LogP contribution in [-0.4, -0.2) is 27.5 Å². The van der Waals surface area contributed by atoms with Gasteiger partial charge in [0.25, 0.3) is 5.69 Å². The van der Waals surface area contributed by atoms with E-state index < -0.39 is 4.92 Å². The summed E-state index contributed by atoms with van der Waals surface area (Å²) in [5, 5.41) is 18.8. The quantitative estimate of drug-likeness (QED) is 0.236. The second-order valence-electron chi connectivity index (χ2n) is 8.50. The fraction of sp³-hybridized carbons (Fsp3) is 0.261. The summed E-state index contributed by atoms with van der Waals surface area (Å²) in [7, 11) is 0. The van der Waals surface area contributed by atoms with Crippen LogP contribution in [0.5, 0.6) is 0 Å². The van der Waals surface area contributed by atoms with Crippen LogP contribution in [0.3, 0.4) is 0 Å². The fourth-order valence-electron chi connectivity index (χ4n) is 2.90. The molecule has 172 valence electrons. The molecule has 0 radical (unpaired) electrons. The van der Waals surface area contributed by atoms with Crippen LogP contribution >= 0.6 is 23.1 Å². The van der Waals surface area contributed by atoms with Crippen molar-refractivity contribution in [3.63, 3.8) is 0 Å². The van der Waals surface area contributed by atoms with Crippen molar-refractivity contribution >= 4 is 51.4 Å². The maximum absolute atomic E-state index is 12.4. The highest BCUT2D eigenvalue weighted by Crippen LogP contribution is 2.28. The number of carbonyl (C=O) groups is 2. The first-order valence-corrected chi connectivity index (χ1v) is 12.0. The lowest BCUT2D eigenvalue weighted by molar-refractivity contribution is -0.384. The van der Waals surface area contributed by atoms with Crippen LogP contribution in [0, 0.1) is 15.5 Å². The molecular weight excluding hydrogens is 460 g/mol. The van der Waals surface area contributed by atoms with Gasteiger partial charge in [-0.3, -0.25) is 19.7 Å². The van der Waals surface area contributed by atoms with Gasteiger partial charge in [-0.15, -0.1) is 23.1 Å². The number of thioether (sulfide) groups is 1. The Balaban J connectivity index is 1.55. The predicted molar refractivity (Wildman–Crippen MR) is 133 cm³/mol. The molecule has 0 bridgehead atoms. The smallest absolute Gasteiger partial charge is 0.270 e. The largest absolute Gasteiger partial charge is 0.326 e. The van der Waals surface area contributed by atoms with Gasteiger partial charge in [0.2, 0.25) is 11.8 Å². The monoisotopic (exact) mass is 484 g/mol. The lowest BCUT2D eigenvalue weighted by Crippen LogP contribution is -2.19. The van der Waals surface area contributed by atoms with Crippen LogP contribution < -0.4 is 10.6 Å². The molecule has 0 aliphatic rings. The zero-order valence-corrected chi connectivity index (χ0v) is 20.1. The van der Waals surface area contributed by atoms with Crippen molar-refractivity contribution in [3.05, 3.63) is 64.0 Å². The molecule has 0 aliphatic heterocycles. The summed E-state index contributed by atoms with van der Waals surface area (Å²) < 4.78 is 0. The Morgan fingerprint density at radius 1 is 1.09 bits per heavy atom. The van der Waals surface area contributed by atoms with E-state index in [1.807, 2.05) is 45.0 Å². The number of nitrogens with one attached hydrogen (secondary N) is 2. The third kappa shape index (κ3) is 7.69. The zero-order valence-electron chi connectivity index (χ0n) is 18.5. The Hall–Kier alpha value is -3.24. The molecule has 3 aromatic rings. The van der Waals surface area contributed by atoms with E-state index in [0.29, 0.717) is 28.5 Å². The average molecular weight is 485 g/mol. The Bertz CT molecular complexity index is 1170. The summed E-state index contributed by atoms with van der Waals surface area (Å²) in [6, 6.07) is 13.6. The maximum Gasteiger partial charge on any atom is 0.270 e. The van der Waals surface area contributed by atoms with Gasteiger partial charge in [0.1, 0.15) is 0 Å². The molecule has 0 saturated carbocycles. The van der Waals surface area contributed by atoms with E-state index in [9.17, 15) is 19.7 Å². The lowest BCUT2D eigenvalue weighted by atomic mass is 9.92. The van der Waals surface area contributed by atoms with Gasteiger partial charge in [0, 0.05) is 40.1 Å². The molecule has 8 nitrogen and oxygen atoms in total. The molecule has 2 aromatic carbocycles. The zero-order chi connectivity index (χ0) is 24.0. The first-order chi connectivity index (χ1) is 15.6. The highest BCUT2D eigenvalue weighted by atomic mass is 32.2. The highest BCUT2D eigenvalue weighted by Gasteiger charge is 2.16. The lowest BCUT2D eigenvalue weighted by Gasteiger charge is -2.17. The third-order valence-corrected chi connectivity index (χ3v) is 6.03. The van der Waals surface area contributed by atoms with Gasteiger partial charge in [-0.1, -0.05) is 39.0 Å². The van der Waals surface area contributed by atoms with E-state index in [-0.39, 0.29) is 28.7 Å². The summed E-state index contributed by atoms with van der Waals surface area (Å²) in [6.45, 7) is 6.02. The Kier molecular flexibility index (Phi) is 7.83. The van der Waals surface area contributed by atoms with Crippen molar-refractivity contribution in [1.29, 1.82) is 0 Å². The van der Waals surface area contributed by atoms with Gasteiger partial charge >= 0.3 is 0 Å². The number of hydrogen-bond donors (Lipinski definition) is 2. The molecule has 0 fully saturated rings. The van der Waals surface area contributed by atoms with E-state index in [4.69, 9.17) is 0 Å².